The predicted molar refractivity (Wildman–Crippen MR) is 132 cm³/mol. The van der Waals surface area contributed by atoms with E-state index in [2.05, 4.69) is 15.1 Å². The molecule has 186 valence electrons. The van der Waals surface area contributed by atoms with Crippen molar-refractivity contribution in [2.75, 3.05) is 13.1 Å². The average Bonchev–Trinajstić information content (AvgIpc) is 3.32. The van der Waals surface area contributed by atoms with Crippen LogP contribution in [-0.2, 0) is 0 Å². The first kappa shape index (κ1) is 24.5. The number of halogens is 4. The summed E-state index contributed by atoms with van der Waals surface area (Å²) in [7, 11) is 0. The molecule has 0 saturated carbocycles. The van der Waals surface area contributed by atoms with Crippen molar-refractivity contribution in [3.63, 3.8) is 0 Å². The largest absolute Gasteiger partial charge is 0.423 e. The molecule has 0 bridgehead atoms. The zero-order valence-corrected chi connectivity index (χ0v) is 20.6. The summed E-state index contributed by atoms with van der Waals surface area (Å²) in [5.41, 5.74) is 1.49. The van der Waals surface area contributed by atoms with Gasteiger partial charge in [0.15, 0.2) is 0 Å². The van der Waals surface area contributed by atoms with Gasteiger partial charge in [0.1, 0.15) is 17.3 Å². The van der Waals surface area contributed by atoms with Crippen molar-refractivity contribution >= 4 is 11.6 Å². The second kappa shape index (κ2) is 9.71. The van der Waals surface area contributed by atoms with Gasteiger partial charge in [0.25, 0.3) is 0 Å². The minimum Gasteiger partial charge on any atom is -0.423 e. The van der Waals surface area contributed by atoms with Gasteiger partial charge in [-0.2, -0.15) is 0 Å². The molecule has 1 aromatic heterocycles. The third-order valence-electron chi connectivity index (χ3n) is 6.75. The fraction of sp³-hybridized carbons (Fsp3) is 0.286. The standard InChI is InChI=1S/C28H25ClF3N3O/c1-28(2,32)25(20-11-23(30)13-24(31)12-20)21-14-35(15-21)26(17-6-8-22(29)9-7-17)18-4-3-5-19(10-18)27-34-33-16-36-27/h3-13,16,21,25-26H,14-15H2,1-2H3/t25-,26+/m1/s1. The lowest BCUT2D eigenvalue weighted by atomic mass is 9.72. The van der Waals surface area contributed by atoms with E-state index < -0.39 is 23.2 Å². The summed E-state index contributed by atoms with van der Waals surface area (Å²) in [5, 5.41) is 8.41. The number of rotatable bonds is 7. The van der Waals surface area contributed by atoms with E-state index in [1.807, 2.05) is 48.5 Å². The molecule has 4 nitrogen and oxygen atoms in total. The van der Waals surface area contributed by atoms with E-state index in [9.17, 15) is 8.78 Å². The predicted octanol–water partition coefficient (Wildman–Crippen LogP) is 7.22. The van der Waals surface area contributed by atoms with Crippen molar-refractivity contribution in [2.45, 2.75) is 31.5 Å². The van der Waals surface area contributed by atoms with Crippen LogP contribution in [0.1, 0.15) is 42.5 Å². The first-order valence-electron chi connectivity index (χ1n) is 11.7. The summed E-state index contributed by atoms with van der Waals surface area (Å²) in [5.74, 6) is -1.77. The minimum atomic E-state index is -1.66. The molecular weight excluding hydrogens is 487 g/mol. The van der Waals surface area contributed by atoms with E-state index >= 15 is 4.39 Å². The summed E-state index contributed by atoms with van der Waals surface area (Å²) in [6, 6.07) is 18.6. The van der Waals surface area contributed by atoms with Crippen LogP contribution in [0.5, 0.6) is 0 Å². The molecule has 1 fully saturated rings. The van der Waals surface area contributed by atoms with Gasteiger partial charge in [-0.15, -0.1) is 10.2 Å². The molecule has 3 aromatic carbocycles. The Morgan fingerprint density at radius 1 is 0.944 bits per heavy atom. The summed E-state index contributed by atoms with van der Waals surface area (Å²) in [6.45, 7) is 4.03. The van der Waals surface area contributed by atoms with E-state index in [0.717, 1.165) is 22.8 Å². The minimum absolute atomic E-state index is 0.125. The number of alkyl halides is 1. The highest BCUT2D eigenvalue weighted by Crippen LogP contribution is 2.46. The first-order chi connectivity index (χ1) is 17.2. The van der Waals surface area contributed by atoms with E-state index in [4.69, 9.17) is 16.0 Å². The summed E-state index contributed by atoms with van der Waals surface area (Å²) >= 11 is 6.15. The smallest absolute Gasteiger partial charge is 0.247 e. The van der Waals surface area contributed by atoms with E-state index in [0.29, 0.717) is 29.6 Å². The molecule has 1 aliphatic rings. The Kier molecular flexibility index (Phi) is 6.62. The normalized spacial score (nSPS) is 16.5. The zero-order valence-electron chi connectivity index (χ0n) is 19.8. The van der Waals surface area contributed by atoms with Crippen molar-refractivity contribution in [2.24, 2.45) is 5.92 Å². The fourth-order valence-electron chi connectivity index (χ4n) is 5.35. The quantitative estimate of drug-likeness (QED) is 0.263. The molecule has 1 aliphatic heterocycles. The number of aromatic nitrogens is 2. The SMILES string of the molecule is CC(C)(F)[C@H](c1cc(F)cc(F)c1)C1CN([C@@H](c2ccc(Cl)cc2)c2cccc(-c3nnco3)c2)C1. The van der Waals surface area contributed by atoms with Gasteiger partial charge < -0.3 is 4.42 Å². The number of likely N-dealkylation sites (tertiary alicyclic amines) is 1. The van der Waals surface area contributed by atoms with E-state index in [-0.39, 0.29) is 12.0 Å². The Hall–Kier alpha value is -3.16. The highest BCUT2D eigenvalue weighted by molar-refractivity contribution is 6.30. The molecule has 0 spiro atoms. The molecular formula is C28H25ClF3N3O. The highest BCUT2D eigenvalue weighted by Gasteiger charge is 2.45. The third kappa shape index (κ3) is 5.04. The molecule has 5 rings (SSSR count). The Morgan fingerprint density at radius 3 is 2.25 bits per heavy atom. The number of hydrogen-bond donors (Lipinski definition) is 0. The van der Waals surface area contributed by atoms with Crippen molar-refractivity contribution in [3.8, 4) is 11.5 Å². The molecule has 4 aromatic rings. The topological polar surface area (TPSA) is 42.2 Å². The Balaban J connectivity index is 1.47. The van der Waals surface area contributed by atoms with Crippen LogP contribution in [0.4, 0.5) is 13.2 Å². The third-order valence-corrected chi connectivity index (χ3v) is 7.01. The van der Waals surface area contributed by atoms with Gasteiger partial charge in [-0.3, -0.25) is 4.90 Å². The molecule has 0 unspecified atom stereocenters. The molecule has 0 radical (unpaired) electrons. The molecule has 0 aliphatic carbocycles. The lowest BCUT2D eigenvalue weighted by Crippen LogP contribution is -2.53. The van der Waals surface area contributed by atoms with Crippen LogP contribution < -0.4 is 0 Å². The first-order valence-corrected chi connectivity index (χ1v) is 12.1. The molecule has 0 N–H and O–H groups in total. The lowest BCUT2D eigenvalue weighted by Gasteiger charge is -2.50. The average molecular weight is 512 g/mol. The van der Waals surface area contributed by atoms with Crippen molar-refractivity contribution < 1.29 is 17.6 Å². The van der Waals surface area contributed by atoms with E-state index in [1.54, 1.807) is 0 Å². The second-order valence-electron chi connectivity index (χ2n) is 9.78. The maximum Gasteiger partial charge on any atom is 0.247 e. The summed E-state index contributed by atoms with van der Waals surface area (Å²) in [4.78, 5) is 2.23. The highest BCUT2D eigenvalue weighted by atomic mass is 35.5. The van der Waals surface area contributed by atoms with Crippen molar-refractivity contribution in [1.29, 1.82) is 0 Å². The lowest BCUT2D eigenvalue weighted by molar-refractivity contribution is 0.00805. The molecule has 2 heterocycles. The Labute approximate surface area is 212 Å². The molecule has 0 amide bonds. The number of hydrogen-bond acceptors (Lipinski definition) is 4. The van der Waals surface area contributed by atoms with Gasteiger partial charge in [0.2, 0.25) is 12.3 Å². The van der Waals surface area contributed by atoms with Crippen LogP contribution in [0.2, 0.25) is 5.02 Å². The van der Waals surface area contributed by atoms with Crippen LogP contribution in [0, 0.1) is 17.6 Å². The van der Waals surface area contributed by atoms with Gasteiger partial charge in [0, 0.05) is 35.7 Å². The van der Waals surface area contributed by atoms with Gasteiger partial charge >= 0.3 is 0 Å². The maximum atomic E-state index is 15.4. The number of benzene rings is 3. The van der Waals surface area contributed by atoms with Crippen molar-refractivity contribution in [3.05, 3.63) is 106 Å². The molecule has 8 heteroatoms. The zero-order chi connectivity index (χ0) is 25.4. The molecule has 36 heavy (non-hydrogen) atoms. The number of nitrogens with zero attached hydrogens (tertiary/aromatic N) is 3. The van der Waals surface area contributed by atoms with Crippen molar-refractivity contribution in [1.82, 2.24) is 15.1 Å². The van der Waals surface area contributed by atoms with Crippen LogP contribution in [0.3, 0.4) is 0 Å². The summed E-state index contributed by atoms with van der Waals surface area (Å²) < 4.78 is 48.8. The van der Waals surface area contributed by atoms with Gasteiger partial charge in [-0.1, -0.05) is 35.9 Å². The van der Waals surface area contributed by atoms with Crippen LogP contribution in [0.25, 0.3) is 11.5 Å². The van der Waals surface area contributed by atoms with Crippen LogP contribution in [0.15, 0.2) is 77.5 Å². The molecule has 2 atom stereocenters. The maximum absolute atomic E-state index is 15.4. The van der Waals surface area contributed by atoms with Gasteiger partial charge in [-0.25, -0.2) is 13.2 Å². The Morgan fingerprint density at radius 2 is 1.64 bits per heavy atom. The van der Waals surface area contributed by atoms with Gasteiger partial charge in [-0.05, 0) is 72.9 Å². The second-order valence-corrected chi connectivity index (χ2v) is 10.2. The fourth-order valence-corrected chi connectivity index (χ4v) is 5.48. The van der Waals surface area contributed by atoms with Crippen LogP contribution >= 0.6 is 11.6 Å². The summed E-state index contributed by atoms with van der Waals surface area (Å²) in [6.07, 6.45) is 1.28. The monoisotopic (exact) mass is 511 g/mol. The van der Waals surface area contributed by atoms with E-state index in [1.165, 1.54) is 32.4 Å². The Bertz CT molecular complexity index is 1310. The van der Waals surface area contributed by atoms with Gasteiger partial charge in [0.05, 0.1) is 6.04 Å². The van der Waals surface area contributed by atoms with Crippen LogP contribution in [-0.4, -0.2) is 33.9 Å². The molecule has 1 saturated heterocycles.